The molecule has 3 heterocycles. The standard InChI is InChI=1S/C39H41N5O4/c1-39-33(23-42-44(39)38(40-28-41-39)43(2)32-21-13-6-14-22-32)35-37(47-26-31-19-11-5-12-20-31)36(46-25-30-17-9-4-10-18-30)34(48-35)27-45-24-29-15-7-3-8-16-29/h3-23,28,33-37H,24-27H2,1-2H3/t33?,34-,35+,36-,37+,39?/m1/s1. The predicted octanol–water partition coefficient (Wildman–Crippen LogP) is 6.31. The van der Waals surface area contributed by atoms with Crippen molar-refractivity contribution in [1.82, 2.24) is 5.01 Å². The van der Waals surface area contributed by atoms with Crippen molar-refractivity contribution in [2.75, 3.05) is 18.6 Å². The van der Waals surface area contributed by atoms with Crippen LogP contribution in [0.15, 0.2) is 136 Å². The van der Waals surface area contributed by atoms with E-state index in [1.165, 1.54) is 0 Å². The van der Waals surface area contributed by atoms with Gasteiger partial charge in [0.2, 0.25) is 5.96 Å². The van der Waals surface area contributed by atoms with Crippen LogP contribution < -0.4 is 4.90 Å². The number of anilines is 1. The highest BCUT2D eigenvalue weighted by atomic mass is 16.6. The maximum absolute atomic E-state index is 6.96. The van der Waals surface area contributed by atoms with Crippen LogP contribution in [0.3, 0.4) is 0 Å². The van der Waals surface area contributed by atoms with Crippen LogP contribution in [0.2, 0.25) is 0 Å². The van der Waals surface area contributed by atoms with Crippen molar-refractivity contribution in [2.45, 2.75) is 56.8 Å². The van der Waals surface area contributed by atoms with E-state index >= 15 is 0 Å². The lowest BCUT2D eigenvalue weighted by molar-refractivity contribution is -0.0906. The second-order valence-corrected chi connectivity index (χ2v) is 12.4. The van der Waals surface area contributed by atoms with E-state index in [-0.39, 0.29) is 12.0 Å². The number of ether oxygens (including phenoxy) is 4. The summed E-state index contributed by atoms with van der Waals surface area (Å²) in [6.45, 7) is 3.71. The summed E-state index contributed by atoms with van der Waals surface area (Å²) in [5.41, 5.74) is 3.45. The Morgan fingerprint density at radius 3 is 1.88 bits per heavy atom. The highest BCUT2D eigenvalue weighted by Gasteiger charge is 2.58. The molecule has 246 valence electrons. The van der Waals surface area contributed by atoms with Crippen LogP contribution in [0.4, 0.5) is 5.69 Å². The van der Waals surface area contributed by atoms with E-state index in [1.54, 1.807) is 6.34 Å². The molecular weight excluding hydrogens is 602 g/mol. The first-order valence-electron chi connectivity index (χ1n) is 16.4. The monoisotopic (exact) mass is 643 g/mol. The van der Waals surface area contributed by atoms with Gasteiger partial charge in [0.1, 0.15) is 24.7 Å². The molecule has 4 aromatic rings. The lowest BCUT2D eigenvalue weighted by Gasteiger charge is -2.41. The summed E-state index contributed by atoms with van der Waals surface area (Å²) in [7, 11) is 1.99. The molecule has 1 fully saturated rings. The minimum Gasteiger partial charge on any atom is -0.374 e. The fourth-order valence-corrected chi connectivity index (χ4v) is 6.55. The third-order valence-corrected chi connectivity index (χ3v) is 9.19. The smallest absolute Gasteiger partial charge is 0.230 e. The molecule has 0 bridgehead atoms. The van der Waals surface area contributed by atoms with E-state index < -0.39 is 24.0 Å². The van der Waals surface area contributed by atoms with E-state index in [1.807, 2.05) is 108 Å². The van der Waals surface area contributed by atoms with Crippen LogP contribution >= 0.6 is 0 Å². The molecule has 2 unspecified atom stereocenters. The number of fused-ring (bicyclic) bond motifs is 1. The maximum Gasteiger partial charge on any atom is 0.230 e. The topological polar surface area (TPSA) is 80.5 Å². The quantitative estimate of drug-likeness (QED) is 0.180. The summed E-state index contributed by atoms with van der Waals surface area (Å²) in [5.74, 6) is 0.406. The number of guanidine groups is 1. The summed E-state index contributed by atoms with van der Waals surface area (Å²) >= 11 is 0. The molecule has 1 saturated heterocycles. The van der Waals surface area contributed by atoms with Crippen molar-refractivity contribution in [3.8, 4) is 0 Å². The molecule has 0 amide bonds. The first-order chi connectivity index (χ1) is 23.6. The Kier molecular flexibility index (Phi) is 9.72. The molecule has 6 atom stereocenters. The molecule has 4 aromatic carbocycles. The Morgan fingerprint density at radius 2 is 1.27 bits per heavy atom. The minimum absolute atomic E-state index is 0.272. The number of rotatable bonds is 12. The number of aliphatic imine (C=N–C) groups is 2. The molecule has 9 heteroatoms. The van der Waals surface area contributed by atoms with Gasteiger partial charge in [0.25, 0.3) is 0 Å². The Morgan fingerprint density at radius 1 is 0.729 bits per heavy atom. The normalized spacial score (nSPS) is 26.0. The van der Waals surface area contributed by atoms with Gasteiger partial charge in [0.05, 0.1) is 38.4 Å². The van der Waals surface area contributed by atoms with Crippen LogP contribution in [-0.4, -0.2) is 67.3 Å². The van der Waals surface area contributed by atoms with Crippen LogP contribution in [0.5, 0.6) is 0 Å². The highest BCUT2D eigenvalue weighted by molar-refractivity contribution is 6.02. The zero-order valence-corrected chi connectivity index (χ0v) is 27.3. The minimum atomic E-state index is -0.803. The third kappa shape index (κ3) is 6.81. The average molecular weight is 644 g/mol. The molecule has 3 aliphatic heterocycles. The fourth-order valence-electron chi connectivity index (χ4n) is 6.55. The van der Waals surface area contributed by atoms with Crippen molar-refractivity contribution in [3.05, 3.63) is 138 Å². The fraction of sp³-hybridized carbons (Fsp3) is 0.308. The largest absolute Gasteiger partial charge is 0.374 e. The zero-order chi connectivity index (χ0) is 32.8. The number of hydrazone groups is 1. The van der Waals surface area contributed by atoms with Crippen molar-refractivity contribution in [2.24, 2.45) is 21.0 Å². The molecule has 48 heavy (non-hydrogen) atoms. The number of hydrogen-bond acceptors (Lipinski definition) is 9. The zero-order valence-electron chi connectivity index (χ0n) is 27.3. The van der Waals surface area contributed by atoms with E-state index in [0.717, 1.165) is 22.4 Å². The molecular formula is C39H41N5O4. The van der Waals surface area contributed by atoms with Crippen LogP contribution in [0, 0.1) is 5.92 Å². The lowest BCUT2D eigenvalue weighted by Crippen LogP contribution is -2.57. The second kappa shape index (κ2) is 14.6. The Balaban J connectivity index is 1.17. The van der Waals surface area contributed by atoms with Gasteiger partial charge in [-0.15, -0.1) is 0 Å². The summed E-state index contributed by atoms with van der Waals surface area (Å²) in [6.07, 6.45) is 1.90. The molecule has 9 nitrogen and oxygen atoms in total. The molecule has 0 radical (unpaired) electrons. The molecule has 3 aliphatic rings. The summed E-state index contributed by atoms with van der Waals surface area (Å²) < 4.78 is 26.8. The Bertz CT molecular complexity index is 1710. The molecule has 0 N–H and O–H groups in total. The number of nitrogens with zero attached hydrogens (tertiary/aromatic N) is 5. The van der Waals surface area contributed by atoms with Gasteiger partial charge >= 0.3 is 0 Å². The molecule has 0 spiro atoms. The van der Waals surface area contributed by atoms with Crippen molar-refractivity contribution >= 4 is 24.2 Å². The van der Waals surface area contributed by atoms with Gasteiger partial charge in [-0.2, -0.15) is 5.10 Å². The van der Waals surface area contributed by atoms with Crippen LogP contribution in [0.1, 0.15) is 23.6 Å². The lowest BCUT2D eigenvalue weighted by atomic mass is 9.87. The SMILES string of the molecule is CN(C1=NC=NC2(C)C([C@@H]3O[C@H](COCc4ccccc4)[C@@H](OCc4ccccc4)[C@H]3OCc3ccccc3)C=NN12)c1ccccc1. The maximum atomic E-state index is 6.96. The van der Waals surface area contributed by atoms with Gasteiger partial charge in [-0.3, -0.25) is 0 Å². The van der Waals surface area contributed by atoms with Gasteiger partial charge in [0, 0.05) is 18.9 Å². The van der Waals surface area contributed by atoms with E-state index in [0.29, 0.717) is 32.4 Å². The van der Waals surface area contributed by atoms with E-state index in [2.05, 4.69) is 48.3 Å². The predicted molar refractivity (Wildman–Crippen MR) is 188 cm³/mol. The summed E-state index contributed by atoms with van der Waals surface area (Å²) in [5, 5.41) is 6.79. The Labute approximate surface area is 282 Å². The third-order valence-electron chi connectivity index (χ3n) is 9.19. The summed E-state index contributed by atoms with van der Waals surface area (Å²) in [6, 6.07) is 40.6. The van der Waals surface area contributed by atoms with Gasteiger partial charge < -0.3 is 23.8 Å². The van der Waals surface area contributed by atoms with Gasteiger partial charge in [-0.1, -0.05) is 109 Å². The molecule has 0 aromatic heterocycles. The highest BCUT2D eigenvalue weighted by Crippen LogP contribution is 2.43. The average Bonchev–Trinajstić information content (AvgIpc) is 3.67. The van der Waals surface area contributed by atoms with Crippen molar-refractivity contribution in [1.29, 1.82) is 0 Å². The van der Waals surface area contributed by atoms with Crippen LogP contribution in [0.25, 0.3) is 0 Å². The number of para-hydroxylation sites is 1. The van der Waals surface area contributed by atoms with E-state index in [4.69, 9.17) is 29.0 Å². The van der Waals surface area contributed by atoms with Gasteiger partial charge in [0.15, 0.2) is 5.66 Å². The molecule has 0 aliphatic carbocycles. The Hall–Kier alpha value is -4.67. The van der Waals surface area contributed by atoms with E-state index in [9.17, 15) is 0 Å². The summed E-state index contributed by atoms with van der Waals surface area (Å²) in [4.78, 5) is 11.6. The first kappa shape index (κ1) is 31.9. The van der Waals surface area contributed by atoms with Crippen molar-refractivity contribution in [3.63, 3.8) is 0 Å². The molecule has 7 rings (SSSR count). The second-order valence-electron chi connectivity index (χ2n) is 12.4. The number of hydrogen-bond donors (Lipinski definition) is 0. The number of benzene rings is 4. The van der Waals surface area contributed by atoms with Gasteiger partial charge in [-0.05, 0) is 35.7 Å². The first-order valence-corrected chi connectivity index (χ1v) is 16.4. The molecule has 0 saturated carbocycles. The van der Waals surface area contributed by atoms with Crippen LogP contribution in [-0.2, 0) is 38.8 Å². The van der Waals surface area contributed by atoms with Crippen molar-refractivity contribution < 1.29 is 18.9 Å². The van der Waals surface area contributed by atoms with Gasteiger partial charge in [-0.25, -0.2) is 15.0 Å².